The summed E-state index contributed by atoms with van der Waals surface area (Å²) >= 11 is 0. The van der Waals surface area contributed by atoms with Crippen molar-refractivity contribution in [2.75, 3.05) is 6.61 Å². The first kappa shape index (κ1) is 27.3. The van der Waals surface area contributed by atoms with E-state index in [1.54, 1.807) is 0 Å². The Morgan fingerprint density at radius 1 is 0.865 bits per heavy atom. The van der Waals surface area contributed by atoms with Gasteiger partial charge in [0, 0.05) is 23.6 Å². The maximum atomic E-state index is 15.0. The van der Waals surface area contributed by atoms with E-state index in [1.807, 2.05) is 0 Å². The largest absolute Gasteiger partial charge is 0.507 e. The van der Waals surface area contributed by atoms with Crippen molar-refractivity contribution in [2.45, 2.75) is 25.4 Å². The molecule has 0 fully saturated rings. The minimum atomic E-state index is -2.41. The van der Waals surface area contributed by atoms with Crippen LogP contribution in [-0.2, 0) is 9.53 Å². The minimum Gasteiger partial charge on any atom is -0.507 e. The van der Waals surface area contributed by atoms with Crippen LogP contribution in [0.25, 0.3) is 0 Å². The number of hydrogen-bond donors (Lipinski definition) is 2. The highest BCUT2D eigenvalue weighted by Crippen LogP contribution is 2.39. The normalized spacial score (nSPS) is 14.1. The standard InChI is InChI=1S/C26H21F5N2O4/c1-3-37-25(36)26(2,33-13-15-9-5-7-11-17(15)35)24(32-12-14-8-4-6-10-16(14)34)18-19(27)21(29)23(31)22(30)20(18)28/h4-13,24,34-35H,3H2,1-2H3/t24-,26+/m0/s1. The van der Waals surface area contributed by atoms with Crippen molar-refractivity contribution in [1.82, 2.24) is 0 Å². The summed E-state index contributed by atoms with van der Waals surface area (Å²) in [6, 6.07) is 9.19. The number of aromatic hydroxyl groups is 2. The predicted octanol–water partition coefficient (Wildman–Crippen LogP) is 5.39. The Morgan fingerprint density at radius 2 is 1.32 bits per heavy atom. The summed E-state index contributed by atoms with van der Waals surface area (Å²) < 4.78 is 77.2. The van der Waals surface area contributed by atoms with Crippen molar-refractivity contribution in [2.24, 2.45) is 9.98 Å². The monoisotopic (exact) mass is 520 g/mol. The molecule has 37 heavy (non-hydrogen) atoms. The summed E-state index contributed by atoms with van der Waals surface area (Å²) in [6.07, 6.45) is 1.89. The number of carbonyl (C=O) groups excluding carboxylic acids is 1. The maximum absolute atomic E-state index is 15.0. The Kier molecular flexibility index (Phi) is 8.26. The summed E-state index contributed by atoms with van der Waals surface area (Å²) in [4.78, 5) is 21.1. The van der Waals surface area contributed by atoms with E-state index in [0.717, 1.165) is 19.4 Å². The zero-order valence-corrected chi connectivity index (χ0v) is 19.6. The molecule has 0 bridgehead atoms. The van der Waals surface area contributed by atoms with Crippen LogP contribution in [0.3, 0.4) is 0 Å². The van der Waals surface area contributed by atoms with Gasteiger partial charge in [0.25, 0.3) is 0 Å². The Balaban J connectivity index is 2.33. The number of nitrogens with zero attached hydrogens (tertiary/aromatic N) is 2. The van der Waals surface area contributed by atoms with Gasteiger partial charge in [-0.15, -0.1) is 0 Å². The van der Waals surface area contributed by atoms with Crippen molar-refractivity contribution in [3.63, 3.8) is 0 Å². The first-order valence-electron chi connectivity index (χ1n) is 10.9. The van der Waals surface area contributed by atoms with Gasteiger partial charge in [-0.1, -0.05) is 24.3 Å². The molecule has 3 rings (SSSR count). The lowest BCUT2D eigenvalue weighted by Crippen LogP contribution is -2.42. The fraction of sp³-hybridized carbons (Fsp3) is 0.192. The molecule has 2 atom stereocenters. The zero-order chi connectivity index (χ0) is 27.3. The number of esters is 1. The number of phenols is 2. The number of halogens is 5. The Hall–Kier alpha value is -4.28. The lowest BCUT2D eigenvalue weighted by Gasteiger charge is -2.30. The summed E-state index contributed by atoms with van der Waals surface area (Å²) in [5.74, 6) is -13.1. The average Bonchev–Trinajstić information content (AvgIpc) is 2.88. The molecule has 0 aliphatic carbocycles. The number of ether oxygens (including phenoxy) is 1. The molecule has 0 saturated heterocycles. The molecule has 0 aliphatic rings. The summed E-state index contributed by atoms with van der Waals surface area (Å²) in [6.45, 7) is 2.25. The Morgan fingerprint density at radius 3 is 1.81 bits per heavy atom. The quantitative estimate of drug-likeness (QED) is 0.137. The lowest BCUT2D eigenvalue weighted by molar-refractivity contribution is -0.149. The van der Waals surface area contributed by atoms with E-state index in [4.69, 9.17) is 4.74 Å². The molecule has 0 saturated carbocycles. The van der Waals surface area contributed by atoms with E-state index >= 15 is 0 Å². The van der Waals surface area contributed by atoms with Gasteiger partial charge >= 0.3 is 5.97 Å². The summed E-state index contributed by atoms with van der Waals surface area (Å²) in [7, 11) is 0. The molecule has 3 aromatic rings. The molecule has 0 radical (unpaired) electrons. The van der Waals surface area contributed by atoms with E-state index in [1.165, 1.54) is 55.5 Å². The SMILES string of the molecule is CCOC(=O)[C@](C)(N=Cc1ccccc1O)[C@@H](N=Cc1ccccc1O)c1c(F)c(F)c(F)c(F)c1F. The maximum Gasteiger partial charge on any atom is 0.336 e. The van der Waals surface area contributed by atoms with E-state index < -0.39 is 52.2 Å². The Bertz CT molecular complexity index is 1350. The molecule has 0 spiro atoms. The van der Waals surface area contributed by atoms with Crippen LogP contribution >= 0.6 is 0 Å². The van der Waals surface area contributed by atoms with Gasteiger partial charge in [-0.3, -0.25) is 9.98 Å². The third kappa shape index (κ3) is 5.45. The van der Waals surface area contributed by atoms with Gasteiger partial charge in [0.2, 0.25) is 5.82 Å². The second-order valence-corrected chi connectivity index (χ2v) is 7.91. The predicted molar refractivity (Wildman–Crippen MR) is 125 cm³/mol. The summed E-state index contributed by atoms with van der Waals surface area (Å²) in [5, 5.41) is 20.1. The first-order chi connectivity index (χ1) is 17.5. The topological polar surface area (TPSA) is 91.5 Å². The molecule has 2 N–H and O–H groups in total. The van der Waals surface area contributed by atoms with Gasteiger partial charge in [-0.2, -0.15) is 0 Å². The molecule has 0 heterocycles. The fourth-order valence-corrected chi connectivity index (χ4v) is 3.43. The third-order valence-electron chi connectivity index (χ3n) is 5.45. The van der Waals surface area contributed by atoms with E-state index in [0.29, 0.717) is 0 Å². The van der Waals surface area contributed by atoms with Crippen LogP contribution in [0.15, 0.2) is 58.5 Å². The molecule has 0 aromatic heterocycles. The van der Waals surface area contributed by atoms with E-state index in [9.17, 15) is 37.0 Å². The van der Waals surface area contributed by atoms with Crippen LogP contribution in [0.5, 0.6) is 11.5 Å². The molecule has 194 valence electrons. The highest BCUT2D eigenvalue weighted by molar-refractivity contribution is 5.90. The highest BCUT2D eigenvalue weighted by atomic mass is 19.2. The van der Waals surface area contributed by atoms with Crippen molar-refractivity contribution in [3.05, 3.63) is 94.3 Å². The van der Waals surface area contributed by atoms with Crippen LogP contribution in [0.1, 0.15) is 36.6 Å². The number of hydrogen-bond acceptors (Lipinski definition) is 6. The van der Waals surface area contributed by atoms with E-state index in [-0.39, 0.29) is 29.2 Å². The van der Waals surface area contributed by atoms with Crippen molar-refractivity contribution in [1.29, 1.82) is 0 Å². The number of benzene rings is 3. The minimum absolute atomic E-state index is 0.0206. The van der Waals surface area contributed by atoms with Gasteiger partial charge in [-0.05, 0) is 38.1 Å². The number of rotatable bonds is 8. The van der Waals surface area contributed by atoms with Crippen LogP contribution in [0, 0.1) is 29.1 Å². The van der Waals surface area contributed by atoms with Crippen molar-refractivity contribution < 1.29 is 41.7 Å². The number of carbonyl (C=O) groups is 1. The number of phenolic OH excluding ortho intramolecular Hbond substituents is 2. The lowest BCUT2D eigenvalue weighted by atomic mass is 9.86. The zero-order valence-electron chi connectivity index (χ0n) is 19.6. The van der Waals surface area contributed by atoms with Crippen molar-refractivity contribution in [3.8, 4) is 11.5 Å². The third-order valence-corrected chi connectivity index (χ3v) is 5.45. The molecule has 0 unspecified atom stereocenters. The number of para-hydroxylation sites is 2. The second kappa shape index (κ2) is 11.2. The molecular weight excluding hydrogens is 499 g/mol. The van der Waals surface area contributed by atoms with Crippen LogP contribution in [-0.4, -0.2) is 40.8 Å². The first-order valence-corrected chi connectivity index (χ1v) is 10.9. The second-order valence-electron chi connectivity index (χ2n) is 7.91. The smallest absolute Gasteiger partial charge is 0.336 e. The highest BCUT2D eigenvalue weighted by Gasteiger charge is 2.47. The average molecular weight is 520 g/mol. The van der Waals surface area contributed by atoms with Crippen LogP contribution in [0.2, 0.25) is 0 Å². The van der Waals surface area contributed by atoms with E-state index in [2.05, 4.69) is 9.98 Å². The molecular formula is C26H21F5N2O4. The fourth-order valence-electron chi connectivity index (χ4n) is 3.43. The molecule has 11 heteroatoms. The molecule has 0 aliphatic heterocycles. The van der Waals surface area contributed by atoms with Crippen LogP contribution in [0.4, 0.5) is 22.0 Å². The van der Waals surface area contributed by atoms with Gasteiger partial charge in [0.15, 0.2) is 28.8 Å². The number of aliphatic imine (C=N–C) groups is 2. The molecule has 6 nitrogen and oxygen atoms in total. The van der Waals surface area contributed by atoms with Gasteiger partial charge in [0.1, 0.15) is 17.5 Å². The molecule has 0 amide bonds. The molecule has 3 aromatic carbocycles. The van der Waals surface area contributed by atoms with Gasteiger partial charge < -0.3 is 14.9 Å². The van der Waals surface area contributed by atoms with Gasteiger partial charge in [-0.25, -0.2) is 26.7 Å². The van der Waals surface area contributed by atoms with Gasteiger partial charge in [0.05, 0.1) is 12.2 Å². The Labute approximate surface area is 208 Å². The van der Waals surface area contributed by atoms with Crippen molar-refractivity contribution >= 4 is 18.4 Å². The summed E-state index contributed by atoms with van der Waals surface area (Å²) in [5.41, 5.74) is -3.74. The van der Waals surface area contributed by atoms with Crippen LogP contribution < -0.4 is 0 Å².